The van der Waals surface area contributed by atoms with Crippen LogP contribution in [0.4, 0.5) is 5.69 Å². The maximum atomic E-state index is 13.2. The van der Waals surface area contributed by atoms with E-state index in [9.17, 15) is 4.79 Å². The van der Waals surface area contributed by atoms with Crippen molar-refractivity contribution in [2.75, 3.05) is 5.32 Å². The second-order valence-electron chi connectivity index (χ2n) is 8.79. The fourth-order valence-corrected chi connectivity index (χ4v) is 4.01. The van der Waals surface area contributed by atoms with Gasteiger partial charge in [0.05, 0.1) is 5.69 Å². The molecule has 0 spiro atoms. The first kappa shape index (κ1) is 24.0. The van der Waals surface area contributed by atoms with Crippen LogP contribution in [0.3, 0.4) is 0 Å². The third-order valence-electron chi connectivity index (χ3n) is 5.81. The van der Waals surface area contributed by atoms with Gasteiger partial charge in [-0.25, -0.2) is 4.98 Å². The van der Waals surface area contributed by atoms with Gasteiger partial charge in [0.25, 0.3) is 5.91 Å². The summed E-state index contributed by atoms with van der Waals surface area (Å²) in [7, 11) is 0. The number of carbonyl (C=O) groups is 1. The maximum absolute atomic E-state index is 13.2. The standard InChI is InChI=1S/C29H27N5O3/c1-19-9-7-13-24(15-19)34-32-26(28(33-34)29(35)31-23-11-5-4-6-12-23)17-22-10-8-14-25(16-22)36-18-27-20(2)37-21(3)30-27/h4-16H,17-18H2,1-3H3,(H,31,35). The highest BCUT2D eigenvalue weighted by Crippen LogP contribution is 2.21. The van der Waals surface area contributed by atoms with Crippen molar-refractivity contribution in [1.82, 2.24) is 20.0 Å². The molecule has 0 atom stereocenters. The van der Waals surface area contributed by atoms with Crippen molar-refractivity contribution in [3.8, 4) is 11.4 Å². The predicted octanol–water partition coefficient (Wildman–Crippen LogP) is 5.60. The van der Waals surface area contributed by atoms with Crippen LogP contribution in [0, 0.1) is 20.8 Å². The van der Waals surface area contributed by atoms with Crippen LogP contribution in [0.1, 0.15) is 44.7 Å². The number of hydrogen-bond donors (Lipinski definition) is 1. The molecule has 5 aromatic rings. The van der Waals surface area contributed by atoms with Crippen molar-refractivity contribution in [1.29, 1.82) is 0 Å². The van der Waals surface area contributed by atoms with E-state index in [4.69, 9.17) is 14.3 Å². The van der Waals surface area contributed by atoms with E-state index in [2.05, 4.69) is 15.4 Å². The Hall–Kier alpha value is -4.72. The molecule has 1 amide bonds. The van der Waals surface area contributed by atoms with E-state index in [0.717, 1.165) is 28.3 Å². The van der Waals surface area contributed by atoms with Gasteiger partial charge >= 0.3 is 0 Å². The van der Waals surface area contributed by atoms with Gasteiger partial charge in [-0.3, -0.25) is 4.79 Å². The number of carbonyl (C=O) groups excluding carboxylic acids is 1. The van der Waals surface area contributed by atoms with Crippen molar-refractivity contribution in [2.24, 2.45) is 0 Å². The number of anilines is 1. The minimum atomic E-state index is -0.315. The number of nitrogens with zero attached hydrogens (tertiary/aromatic N) is 4. The molecule has 0 fully saturated rings. The van der Waals surface area contributed by atoms with E-state index in [1.807, 2.05) is 99.6 Å². The number of nitrogens with one attached hydrogen (secondary N) is 1. The molecule has 37 heavy (non-hydrogen) atoms. The molecular weight excluding hydrogens is 466 g/mol. The van der Waals surface area contributed by atoms with Crippen LogP contribution in [0.15, 0.2) is 83.3 Å². The molecular formula is C29H27N5O3. The highest BCUT2D eigenvalue weighted by Gasteiger charge is 2.20. The summed E-state index contributed by atoms with van der Waals surface area (Å²) in [5, 5.41) is 12.2. The van der Waals surface area contributed by atoms with E-state index in [1.54, 1.807) is 0 Å². The number of para-hydroxylation sites is 1. The van der Waals surface area contributed by atoms with E-state index >= 15 is 0 Å². The van der Waals surface area contributed by atoms with Gasteiger partial charge in [0.1, 0.15) is 29.5 Å². The summed E-state index contributed by atoms with van der Waals surface area (Å²) in [5.41, 5.74) is 5.10. The Labute approximate surface area is 214 Å². The summed E-state index contributed by atoms with van der Waals surface area (Å²) in [4.78, 5) is 19.1. The van der Waals surface area contributed by atoms with E-state index in [0.29, 0.717) is 36.0 Å². The normalized spacial score (nSPS) is 10.9. The van der Waals surface area contributed by atoms with E-state index < -0.39 is 0 Å². The van der Waals surface area contributed by atoms with Gasteiger partial charge in [-0.15, -0.1) is 5.10 Å². The number of aryl methyl sites for hydroxylation is 3. The molecule has 1 N–H and O–H groups in total. The Morgan fingerprint density at radius 1 is 0.919 bits per heavy atom. The van der Waals surface area contributed by atoms with E-state index in [-0.39, 0.29) is 11.6 Å². The highest BCUT2D eigenvalue weighted by molar-refractivity contribution is 6.03. The van der Waals surface area contributed by atoms with Gasteiger partial charge in [0.15, 0.2) is 11.6 Å². The number of ether oxygens (including phenoxy) is 1. The summed E-state index contributed by atoms with van der Waals surface area (Å²) in [6.07, 6.45) is 0.405. The largest absolute Gasteiger partial charge is 0.487 e. The van der Waals surface area contributed by atoms with Gasteiger partial charge in [-0.05, 0) is 61.4 Å². The number of aromatic nitrogens is 4. The molecule has 186 valence electrons. The zero-order valence-electron chi connectivity index (χ0n) is 20.9. The molecule has 0 bridgehead atoms. The summed E-state index contributed by atoms with van der Waals surface area (Å²) in [6.45, 7) is 5.99. The lowest BCUT2D eigenvalue weighted by molar-refractivity contribution is 0.102. The van der Waals surface area contributed by atoms with Gasteiger partial charge in [0, 0.05) is 19.0 Å². The molecule has 0 aliphatic rings. The highest BCUT2D eigenvalue weighted by atomic mass is 16.5. The van der Waals surface area contributed by atoms with Crippen LogP contribution in [0.2, 0.25) is 0 Å². The topological polar surface area (TPSA) is 95.1 Å². The summed E-state index contributed by atoms with van der Waals surface area (Å²) < 4.78 is 11.4. The number of oxazole rings is 1. The number of hydrogen-bond acceptors (Lipinski definition) is 6. The Morgan fingerprint density at radius 2 is 1.73 bits per heavy atom. The summed E-state index contributed by atoms with van der Waals surface area (Å²) in [6, 6.07) is 24.9. The Kier molecular flexibility index (Phi) is 6.81. The van der Waals surface area contributed by atoms with Crippen molar-refractivity contribution < 1.29 is 13.9 Å². The molecule has 0 radical (unpaired) electrons. The first-order valence-electron chi connectivity index (χ1n) is 12.0. The minimum Gasteiger partial charge on any atom is -0.487 e. The van der Waals surface area contributed by atoms with Gasteiger partial charge in [0.2, 0.25) is 0 Å². The van der Waals surface area contributed by atoms with Crippen molar-refractivity contribution in [3.63, 3.8) is 0 Å². The van der Waals surface area contributed by atoms with Gasteiger partial charge in [-0.2, -0.15) is 9.90 Å². The number of rotatable bonds is 8. The third-order valence-corrected chi connectivity index (χ3v) is 5.81. The summed E-state index contributed by atoms with van der Waals surface area (Å²) in [5.74, 6) is 1.74. The molecule has 0 saturated carbocycles. The molecule has 2 aromatic heterocycles. The number of benzene rings is 3. The number of amides is 1. The van der Waals surface area contributed by atoms with Crippen LogP contribution in [-0.4, -0.2) is 25.9 Å². The molecule has 8 nitrogen and oxygen atoms in total. The molecule has 0 aliphatic heterocycles. The van der Waals surface area contributed by atoms with Gasteiger partial charge < -0.3 is 14.5 Å². The maximum Gasteiger partial charge on any atom is 0.278 e. The van der Waals surface area contributed by atoms with Crippen LogP contribution >= 0.6 is 0 Å². The summed E-state index contributed by atoms with van der Waals surface area (Å²) >= 11 is 0. The molecule has 0 unspecified atom stereocenters. The van der Waals surface area contributed by atoms with E-state index in [1.165, 1.54) is 4.80 Å². The minimum absolute atomic E-state index is 0.269. The van der Waals surface area contributed by atoms with Gasteiger partial charge in [-0.1, -0.05) is 42.5 Å². The van der Waals surface area contributed by atoms with Crippen LogP contribution in [0.5, 0.6) is 5.75 Å². The Bertz CT molecular complexity index is 1540. The molecule has 2 heterocycles. The third kappa shape index (κ3) is 5.75. The predicted molar refractivity (Wildman–Crippen MR) is 140 cm³/mol. The molecule has 0 saturated heterocycles. The Morgan fingerprint density at radius 3 is 2.49 bits per heavy atom. The second kappa shape index (κ2) is 10.5. The lowest BCUT2D eigenvalue weighted by Crippen LogP contribution is -2.15. The molecule has 5 rings (SSSR count). The van der Waals surface area contributed by atoms with Crippen LogP contribution < -0.4 is 10.1 Å². The zero-order chi connectivity index (χ0) is 25.8. The molecule has 0 aliphatic carbocycles. The quantitative estimate of drug-likeness (QED) is 0.302. The van der Waals surface area contributed by atoms with Crippen LogP contribution in [0.25, 0.3) is 5.69 Å². The monoisotopic (exact) mass is 493 g/mol. The smallest absolute Gasteiger partial charge is 0.278 e. The molecule has 3 aromatic carbocycles. The first-order valence-corrected chi connectivity index (χ1v) is 12.0. The zero-order valence-corrected chi connectivity index (χ0v) is 20.9. The lowest BCUT2D eigenvalue weighted by Gasteiger charge is -2.07. The first-order chi connectivity index (χ1) is 17.9. The van der Waals surface area contributed by atoms with Crippen molar-refractivity contribution >= 4 is 11.6 Å². The Balaban J connectivity index is 1.41. The SMILES string of the molecule is Cc1cccc(-n2nc(Cc3cccc(OCc4nc(C)oc4C)c3)c(C(=O)Nc3ccccc3)n2)c1. The average molecular weight is 494 g/mol. The average Bonchev–Trinajstić information content (AvgIpc) is 3.45. The van der Waals surface area contributed by atoms with Crippen LogP contribution in [-0.2, 0) is 13.0 Å². The van der Waals surface area contributed by atoms with Crippen molar-refractivity contribution in [2.45, 2.75) is 33.8 Å². The lowest BCUT2D eigenvalue weighted by atomic mass is 10.1. The second-order valence-corrected chi connectivity index (χ2v) is 8.79. The fourth-order valence-electron chi connectivity index (χ4n) is 4.01. The molecule has 8 heteroatoms. The fraction of sp³-hybridized carbons (Fsp3) is 0.172. The van der Waals surface area contributed by atoms with Crippen molar-refractivity contribution in [3.05, 3.63) is 119 Å².